The monoisotopic (exact) mass is 864 g/mol. The van der Waals surface area contributed by atoms with Crippen molar-refractivity contribution >= 4 is 63.3 Å². The normalized spacial score (nSPS) is 19.3. The number of imide groups is 1. The Morgan fingerprint density at radius 1 is 1.05 bits per heavy atom. The lowest BCUT2D eigenvalue weighted by Gasteiger charge is -2.63. The van der Waals surface area contributed by atoms with Gasteiger partial charge in [-0.2, -0.15) is 10.4 Å². The molecular formula is C45H50F2N10O4S. The molecule has 9 rings (SSSR count). The van der Waals surface area contributed by atoms with Crippen molar-refractivity contribution in [3.05, 3.63) is 76.3 Å². The van der Waals surface area contributed by atoms with Gasteiger partial charge in [0.15, 0.2) is 17.4 Å². The van der Waals surface area contributed by atoms with Crippen molar-refractivity contribution in [1.29, 1.82) is 5.26 Å². The number of hydrogen-bond acceptors (Lipinski definition) is 12. The molecule has 0 radical (unpaired) electrons. The van der Waals surface area contributed by atoms with Gasteiger partial charge in [-0.15, -0.1) is 0 Å². The number of fused-ring (bicyclic) bond motifs is 2. The quantitative estimate of drug-likeness (QED) is 0.0938. The number of likely N-dealkylation sites (tertiary alicyclic amines) is 1. The molecule has 0 bridgehead atoms. The van der Waals surface area contributed by atoms with Crippen molar-refractivity contribution in [2.24, 2.45) is 17.9 Å². The maximum Gasteiger partial charge on any atom is 0.261 e. The Bertz CT molecular complexity index is 2670. The number of rotatable bonds is 13. The third-order valence-corrected chi connectivity index (χ3v) is 14.4. The standard InChI is InChI=1S/C45H50F2N10O4S/c1-27(2)62-52-37-8-6-34(46)41(33(37)22-48)61-30-5-7-36-31(15-30)43(60)57(25-49-36)29-20-44(21-29)10-13-55(14-11-44)28-18-45(19-28)23-56(24-45)39-17-38-32(16-35(39)47)42(51-54(38)4)53(3)12-9-40(59)50-26-58/h5-8,15-17,25-29,52H,9-14,18-21,23-24H2,1-4H3,(H,50,58,59). The summed E-state index contributed by atoms with van der Waals surface area (Å²) in [6, 6.07) is 13.7. The maximum absolute atomic E-state index is 15.7. The van der Waals surface area contributed by atoms with Crippen LogP contribution in [0.5, 0.6) is 11.5 Å². The number of aromatic nitrogens is 4. The number of piperidine rings is 1. The van der Waals surface area contributed by atoms with Crippen molar-refractivity contribution in [3.8, 4) is 17.6 Å². The topological polar surface area (TPSA) is 154 Å². The number of nitrogens with one attached hydrogen (secondary N) is 2. The largest absolute Gasteiger partial charge is 0.453 e. The van der Waals surface area contributed by atoms with Gasteiger partial charge in [0, 0.05) is 68.3 Å². The van der Waals surface area contributed by atoms with Crippen LogP contribution in [0.2, 0.25) is 0 Å². The molecule has 0 unspecified atom stereocenters. The summed E-state index contributed by atoms with van der Waals surface area (Å²) in [5, 5.41) is 17.9. The number of carbonyl (C=O) groups excluding carboxylic acids is 2. The Hall–Kier alpha value is -5.73. The summed E-state index contributed by atoms with van der Waals surface area (Å²) >= 11 is 1.41. The third kappa shape index (κ3) is 7.61. The second-order valence-corrected chi connectivity index (χ2v) is 19.4. The van der Waals surface area contributed by atoms with Crippen LogP contribution < -0.4 is 30.1 Å². The minimum Gasteiger partial charge on any atom is -0.453 e. The summed E-state index contributed by atoms with van der Waals surface area (Å²) in [5.74, 6) is -0.707. The van der Waals surface area contributed by atoms with E-state index in [-0.39, 0.29) is 62.9 Å². The number of ether oxygens (including phenoxy) is 1. The smallest absolute Gasteiger partial charge is 0.261 e. The van der Waals surface area contributed by atoms with E-state index in [9.17, 15) is 19.6 Å². The molecule has 4 aliphatic rings. The first kappa shape index (κ1) is 41.6. The van der Waals surface area contributed by atoms with E-state index < -0.39 is 5.82 Å². The molecule has 2 aliphatic heterocycles. The van der Waals surface area contributed by atoms with E-state index in [1.165, 1.54) is 24.1 Å². The Morgan fingerprint density at radius 3 is 2.50 bits per heavy atom. The summed E-state index contributed by atoms with van der Waals surface area (Å²) in [7, 11) is 3.63. The highest BCUT2D eigenvalue weighted by Gasteiger charge is 2.56. The lowest BCUT2D eigenvalue weighted by molar-refractivity contribution is -0.125. The van der Waals surface area contributed by atoms with Crippen molar-refractivity contribution < 1.29 is 23.1 Å². The molecule has 0 atom stereocenters. The van der Waals surface area contributed by atoms with Gasteiger partial charge in [0.05, 0.1) is 34.1 Å². The molecular weight excluding hydrogens is 815 g/mol. The van der Waals surface area contributed by atoms with Crippen LogP contribution in [0.3, 0.4) is 0 Å². The van der Waals surface area contributed by atoms with Crippen molar-refractivity contribution in [2.75, 3.05) is 54.3 Å². The van der Waals surface area contributed by atoms with Crippen LogP contribution in [0.25, 0.3) is 21.8 Å². The van der Waals surface area contributed by atoms with Crippen molar-refractivity contribution in [3.63, 3.8) is 0 Å². The third-order valence-electron chi connectivity index (χ3n) is 13.6. The van der Waals surface area contributed by atoms with Gasteiger partial charge in [-0.25, -0.2) is 13.8 Å². The number of amides is 2. The molecule has 2 N–H and O–H groups in total. The zero-order chi connectivity index (χ0) is 43.5. The van der Waals surface area contributed by atoms with Crippen molar-refractivity contribution in [1.82, 2.24) is 29.5 Å². The molecule has 2 amide bonds. The van der Waals surface area contributed by atoms with Gasteiger partial charge in [0.2, 0.25) is 12.3 Å². The molecule has 62 heavy (non-hydrogen) atoms. The van der Waals surface area contributed by atoms with Crippen LogP contribution in [0.4, 0.5) is 26.0 Å². The fourth-order valence-corrected chi connectivity index (χ4v) is 10.7. The molecule has 4 fully saturated rings. The Balaban J connectivity index is 0.781. The highest BCUT2D eigenvalue weighted by atomic mass is 32.2. The second-order valence-electron chi connectivity index (χ2n) is 18.1. The number of nitrogens with zero attached hydrogens (tertiary/aromatic N) is 8. The first-order chi connectivity index (χ1) is 29.8. The highest BCUT2D eigenvalue weighted by Crippen LogP contribution is 2.57. The lowest BCUT2D eigenvalue weighted by Crippen LogP contribution is -2.67. The average Bonchev–Trinajstić information content (AvgIpc) is 3.53. The minimum atomic E-state index is -0.671. The second kappa shape index (κ2) is 16.2. The molecule has 2 aromatic heterocycles. The van der Waals surface area contributed by atoms with Gasteiger partial charge in [-0.05, 0) is 111 Å². The van der Waals surface area contributed by atoms with E-state index in [4.69, 9.17) is 4.74 Å². The van der Waals surface area contributed by atoms with E-state index in [1.807, 2.05) is 27.0 Å². The Kier molecular flexibility index (Phi) is 10.9. The van der Waals surface area contributed by atoms with E-state index >= 15 is 8.78 Å². The number of nitriles is 1. The van der Waals surface area contributed by atoms with Gasteiger partial charge >= 0.3 is 0 Å². The van der Waals surface area contributed by atoms with Crippen LogP contribution >= 0.6 is 11.9 Å². The number of anilines is 3. The number of carbonyl (C=O) groups is 2. The van der Waals surface area contributed by atoms with Crippen LogP contribution in [0, 0.1) is 33.8 Å². The number of aryl methyl sites for hydroxylation is 1. The van der Waals surface area contributed by atoms with Crippen LogP contribution in [-0.2, 0) is 16.6 Å². The predicted molar refractivity (Wildman–Crippen MR) is 235 cm³/mol. The Labute approximate surface area is 362 Å². The molecule has 4 heterocycles. The number of hydrogen-bond donors (Lipinski definition) is 2. The molecule has 2 spiro atoms. The number of benzene rings is 3. The van der Waals surface area contributed by atoms with Crippen molar-refractivity contribution in [2.45, 2.75) is 76.1 Å². The zero-order valence-corrected chi connectivity index (χ0v) is 36.1. The summed E-state index contributed by atoms with van der Waals surface area (Å²) in [6.45, 7) is 8.05. The van der Waals surface area contributed by atoms with E-state index in [0.717, 1.165) is 70.2 Å². The predicted octanol–water partition coefficient (Wildman–Crippen LogP) is 6.88. The lowest BCUT2D eigenvalue weighted by atomic mass is 9.57. The Morgan fingerprint density at radius 2 is 1.79 bits per heavy atom. The minimum absolute atomic E-state index is 0.0478. The van der Waals surface area contributed by atoms with E-state index in [0.29, 0.717) is 52.5 Å². The van der Waals surface area contributed by atoms with Gasteiger partial charge in [0.25, 0.3) is 5.56 Å². The summed E-state index contributed by atoms with van der Waals surface area (Å²) in [4.78, 5) is 47.4. The molecule has 17 heteroatoms. The molecule has 2 saturated carbocycles. The zero-order valence-electron chi connectivity index (χ0n) is 35.3. The van der Waals surface area contributed by atoms with Gasteiger partial charge in [0.1, 0.15) is 23.2 Å². The maximum atomic E-state index is 15.7. The van der Waals surface area contributed by atoms with Crippen LogP contribution in [-0.4, -0.2) is 87.6 Å². The summed E-state index contributed by atoms with van der Waals surface area (Å²) < 4.78 is 43.2. The first-order valence-electron chi connectivity index (χ1n) is 21.2. The molecule has 3 aromatic carbocycles. The fraction of sp³-hybridized carbons (Fsp3) is 0.467. The molecule has 2 aliphatic carbocycles. The summed E-state index contributed by atoms with van der Waals surface area (Å²) in [6.07, 6.45) is 8.34. The SMILES string of the molecule is CC(C)SNc1ccc(F)c(Oc2ccc3ncn(C4CC5(CCN(C6CC7(C6)CN(c6cc8c(cc6F)c(N(C)CCC(=O)NC=O)nn8C)C7)CC5)C4)c(=O)c3c2)c1C#N. The summed E-state index contributed by atoms with van der Waals surface area (Å²) in [5.41, 5.74) is 2.67. The first-order valence-corrected chi connectivity index (χ1v) is 22.1. The number of halogens is 2. The van der Waals surface area contributed by atoms with Crippen LogP contribution in [0.15, 0.2) is 53.6 Å². The molecule has 14 nitrogen and oxygen atoms in total. The molecule has 324 valence electrons. The molecule has 2 saturated heterocycles. The van der Waals surface area contributed by atoms with E-state index in [2.05, 4.69) is 36.0 Å². The van der Waals surface area contributed by atoms with Gasteiger partial charge in [-0.1, -0.05) is 13.8 Å². The van der Waals surface area contributed by atoms with Gasteiger partial charge in [-0.3, -0.25) is 28.9 Å². The highest BCUT2D eigenvalue weighted by molar-refractivity contribution is 8.01. The van der Waals surface area contributed by atoms with Crippen LogP contribution in [0.1, 0.15) is 70.4 Å². The molecule has 5 aromatic rings. The van der Waals surface area contributed by atoms with Gasteiger partial charge < -0.3 is 24.2 Å². The van der Waals surface area contributed by atoms with E-state index in [1.54, 1.807) is 51.8 Å². The fourth-order valence-electron chi connectivity index (χ4n) is 10.2. The average molecular weight is 865 g/mol.